The molecule has 3 saturated heterocycles. The highest BCUT2D eigenvalue weighted by Gasteiger charge is 2.41. The largest absolute Gasteiger partial charge is 0.379 e. The number of anilines is 1. The number of hydrogen-bond donors (Lipinski definition) is 1. The molecule has 0 radical (unpaired) electrons. The second-order valence-electron chi connectivity index (χ2n) is 11.7. The van der Waals surface area contributed by atoms with Gasteiger partial charge in [0, 0.05) is 50.8 Å². The van der Waals surface area contributed by atoms with Crippen molar-refractivity contribution >= 4 is 46.4 Å². The minimum atomic E-state index is -1.49. The lowest BCUT2D eigenvalue weighted by Crippen LogP contribution is -2.60. The van der Waals surface area contributed by atoms with E-state index in [0.717, 1.165) is 29.8 Å². The number of benzene rings is 1. The van der Waals surface area contributed by atoms with Crippen molar-refractivity contribution in [3.63, 3.8) is 0 Å². The molecule has 3 aliphatic rings. The van der Waals surface area contributed by atoms with Crippen molar-refractivity contribution in [3.8, 4) is 0 Å². The number of likely N-dealkylation sites (tertiary alicyclic amines) is 1. The highest BCUT2D eigenvalue weighted by atomic mass is 35.5. The lowest BCUT2D eigenvalue weighted by atomic mass is 9.99. The number of pyridine rings is 1. The molecule has 13 nitrogen and oxygen atoms in total. The zero-order valence-electron chi connectivity index (χ0n) is 24.9. The van der Waals surface area contributed by atoms with Crippen molar-refractivity contribution in [2.24, 2.45) is 0 Å². The Balaban J connectivity index is 1.26. The molecule has 3 fully saturated rings. The molecule has 0 aliphatic carbocycles. The number of fused-ring (bicyclic) bond motifs is 1. The quantitative estimate of drug-likeness (QED) is 0.372. The van der Waals surface area contributed by atoms with Gasteiger partial charge in [0.05, 0.1) is 32.5 Å². The van der Waals surface area contributed by atoms with Gasteiger partial charge in [-0.1, -0.05) is 23.7 Å². The maximum atomic E-state index is 14.1. The average Bonchev–Trinajstić information content (AvgIpc) is 3.39. The molecule has 3 aromatic rings. The molecule has 4 amide bonds. The number of alkyl halides is 1. The van der Waals surface area contributed by atoms with Gasteiger partial charge in [-0.15, -0.1) is 0 Å². The summed E-state index contributed by atoms with van der Waals surface area (Å²) in [5.41, 5.74) is -1.46. The Morgan fingerprint density at radius 1 is 1.07 bits per heavy atom. The fourth-order valence-corrected chi connectivity index (χ4v) is 5.83. The second-order valence-corrected chi connectivity index (χ2v) is 12.2. The first-order valence-electron chi connectivity index (χ1n) is 14.8. The lowest BCUT2D eigenvalue weighted by Gasteiger charge is -2.42. The van der Waals surface area contributed by atoms with Crippen LogP contribution in [0.2, 0.25) is 5.02 Å². The maximum Gasteiger partial charge on any atom is 0.325 e. The molecule has 0 saturated carbocycles. The predicted octanol–water partition coefficient (Wildman–Crippen LogP) is 1.52. The van der Waals surface area contributed by atoms with E-state index in [0.29, 0.717) is 37.9 Å². The smallest absolute Gasteiger partial charge is 0.325 e. The van der Waals surface area contributed by atoms with Crippen molar-refractivity contribution < 1.29 is 23.5 Å². The number of morpholine rings is 1. The number of hydrogen-bond acceptors (Lipinski definition) is 8. The molecular formula is C30H34ClFN8O5. The molecule has 3 aliphatic heterocycles. The fraction of sp³-hybridized carbons (Fsp3) is 0.467. The first-order chi connectivity index (χ1) is 21.6. The number of halogens is 2. The number of rotatable bonds is 9. The summed E-state index contributed by atoms with van der Waals surface area (Å²) in [5, 5.41) is 3.28. The van der Waals surface area contributed by atoms with E-state index in [1.54, 1.807) is 29.2 Å². The number of ether oxygens (including phenoxy) is 1. The van der Waals surface area contributed by atoms with Gasteiger partial charge in [0.15, 0.2) is 11.5 Å². The van der Waals surface area contributed by atoms with E-state index in [2.05, 4.69) is 20.2 Å². The van der Waals surface area contributed by atoms with Crippen LogP contribution in [-0.2, 0) is 22.6 Å². The van der Waals surface area contributed by atoms with Crippen LogP contribution >= 0.6 is 11.6 Å². The van der Waals surface area contributed by atoms with Gasteiger partial charge in [-0.3, -0.25) is 28.8 Å². The third-order valence-corrected chi connectivity index (χ3v) is 8.49. The fourth-order valence-electron chi connectivity index (χ4n) is 5.70. The number of aromatic nitrogens is 3. The summed E-state index contributed by atoms with van der Waals surface area (Å²) in [6.07, 6.45) is 1.38. The molecule has 5 heterocycles. The number of carbonyl (C=O) groups is 3. The van der Waals surface area contributed by atoms with Gasteiger partial charge in [-0.2, -0.15) is 0 Å². The molecule has 6 rings (SSSR count). The minimum absolute atomic E-state index is 0.0747. The van der Waals surface area contributed by atoms with Crippen molar-refractivity contribution in [2.75, 3.05) is 70.5 Å². The Bertz CT molecular complexity index is 1670. The Hall–Kier alpha value is -4.14. The number of urea groups is 1. The molecule has 15 heteroatoms. The van der Waals surface area contributed by atoms with E-state index in [-0.39, 0.29) is 48.2 Å². The number of nitrogens with zero attached hydrogens (tertiary/aromatic N) is 7. The second kappa shape index (κ2) is 12.7. The van der Waals surface area contributed by atoms with Crippen LogP contribution in [0.1, 0.15) is 22.8 Å². The zero-order valence-corrected chi connectivity index (χ0v) is 25.6. The van der Waals surface area contributed by atoms with Crippen LogP contribution in [-0.4, -0.2) is 118 Å². The third-order valence-electron chi connectivity index (χ3n) is 8.24. The van der Waals surface area contributed by atoms with Gasteiger partial charge in [-0.05, 0) is 30.7 Å². The molecular weight excluding hydrogens is 607 g/mol. The molecule has 0 spiro atoms. The first kappa shape index (κ1) is 30.9. The summed E-state index contributed by atoms with van der Waals surface area (Å²) in [4.78, 5) is 69.1. The summed E-state index contributed by atoms with van der Waals surface area (Å²) in [6.45, 7) is 6.12. The Morgan fingerprint density at radius 3 is 2.51 bits per heavy atom. The maximum absolute atomic E-state index is 14.1. The highest BCUT2D eigenvalue weighted by molar-refractivity contribution is 6.30. The molecule has 0 unspecified atom stereocenters. The Morgan fingerprint density at radius 2 is 1.80 bits per heavy atom. The van der Waals surface area contributed by atoms with Crippen LogP contribution in [0, 0.1) is 0 Å². The lowest BCUT2D eigenvalue weighted by molar-refractivity contribution is -0.144. The van der Waals surface area contributed by atoms with E-state index < -0.39 is 29.6 Å². The summed E-state index contributed by atoms with van der Waals surface area (Å²) < 4.78 is 20.6. The molecule has 1 N–H and O–H groups in total. The monoisotopic (exact) mass is 640 g/mol. The van der Waals surface area contributed by atoms with E-state index in [1.165, 1.54) is 29.0 Å². The van der Waals surface area contributed by atoms with Crippen LogP contribution in [0.25, 0.3) is 11.2 Å². The summed E-state index contributed by atoms with van der Waals surface area (Å²) in [6, 6.07) is 7.99. The molecule has 238 valence electrons. The summed E-state index contributed by atoms with van der Waals surface area (Å²) >= 11 is 5.95. The Labute approximate surface area is 263 Å². The van der Waals surface area contributed by atoms with E-state index in [9.17, 15) is 23.6 Å². The van der Waals surface area contributed by atoms with Crippen LogP contribution in [0.3, 0.4) is 0 Å². The topological polar surface area (TPSA) is 133 Å². The zero-order chi connectivity index (χ0) is 31.7. The van der Waals surface area contributed by atoms with Gasteiger partial charge in [0.2, 0.25) is 5.91 Å². The highest BCUT2D eigenvalue weighted by Crippen LogP contribution is 2.25. The van der Waals surface area contributed by atoms with Crippen molar-refractivity contribution in [1.29, 1.82) is 0 Å². The van der Waals surface area contributed by atoms with Crippen LogP contribution < -0.4 is 15.8 Å². The van der Waals surface area contributed by atoms with Crippen molar-refractivity contribution in [3.05, 3.63) is 63.0 Å². The third kappa shape index (κ3) is 6.77. The van der Waals surface area contributed by atoms with Gasteiger partial charge < -0.3 is 19.9 Å². The van der Waals surface area contributed by atoms with Gasteiger partial charge in [0.25, 0.3) is 11.5 Å². The first-order valence-corrected chi connectivity index (χ1v) is 15.2. The van der Waals surface area contributed by atoms with Gasteiger partial charge >= 0.3 is 6.03 Å². The standard InChI is InChI=1S/C30H34ClFN8O5/c1-30(32)18-38(19-30)25(41)17-40-26-23(14-22(28(40)43)27(42)34-15-20-2-4-21(31)5-3-20)35-24(16-33-26)39-9-8-37(29(39)44)7-6-36-10-12-45-13-11-36/h2-5,14,16H,6-13,15,17-19H2,1H3,(H,34,42). The number of amides is 4. The Kier molecular flexibility index (Phi) is 8.71. The summed E-state index contributed by atoms with van der Waals surface area (Å²) in [5.74, 6) is -0.887. The van der Waals surface area contributed by atoms with E-state index in [4.69, 9.17) is 16.3 Å². The van der Waals surface area contributed by atoms with Crippen LogP contribution in [0.15, 0.2) is 41.3 Å². The van der Waals surface area contributed by atoms with Crippen LogP contribution in [0.5, 0.6) is 0 Å². The molecule has 2 aromatic heterocycles. The summed E-state index contributed by atoms with van der Waals surface area (Å²) in [7, 11) is 0. The normalized spacial score (nSPS) is 18.4. The number of carbonyl (C=O) groups excluding carboxylic acids is 3. The van der Waals surface area contributed by atoms with Gasteiger partial charge in [0.1, 0.15) is 23.3 Å². The molecule has 0 bridgehead atoms. The van der Waals surface area contributed by atoms with Crippen molar-refractivity contribution in [2.45, 2.75) is 25.7 Å². The minimum Gasteiger partial charge on any atom is -0.379 e. The van der Waals surface area contributed by atoms with Crippen molar-refractivity contribution in [1.82, 2.24) is 34.6 Å². The molecule has 0 atom stereocenters. The van der Waals surface area contributed by atoms with E-state index >= 15 is 0 Å². The predicted molar refractivity (Wildman–Crippen MR) is 164 cm³/mol. The number of nitrogens with one attached hydrogen (secondary N) is 1. The van der Waals surface area contributed by atoms with Gasteiger partial charge in [-0.25, -0.2) is 19.2 Å². The average molecular weight is 641 g/mol. The van der Waals surface area contributed by atoms with E-state index in [1.807, 2.05) is 0 Å². The molecule has 1 aromatic carbocycles. The molecule has 45 heavy (non-hydrogen) atoms. The SMILES string of the molecule is CC1(F)CN(C(=O)Cn2c(=O)c(C(=O)NCc3ccc(Cl)cc3)cc3nc(N4CCN(CCN5CCOCC5)C4=O)cnc32)C1. The van der Waals surface area contributed by atoms with Crippen LogP contribution in [0.4, 0.5) is 15.0 Å².